The van der Waals surface area contributed by atoms with Gasteiger partial charge in [-0.25, -0.2) is 4.39 Å². The topological polar surface area (TPSA) is 52.3 Å². The molecule has 0 bridgehead atoms. The predicted molar refractivity (Wildman–Crippen MR) is 55.2 cm³/mol. The first kappa shape index (κ1) is 11.8. The molecule has 4 heteroatoms. The number of Topliss-reactive ketones (excluding diaryl/α,β-unsaturated/α-hetero) is 1. The number of rotatable bonds is 5. The van der Waals surface area contributed by atoms with Crippen molar-refractivity contribution in [1.82, 2.24) is 0 Å². The molecule has 82 valence electrons. The number of carbonyl (C=O) groups is 1. The van der Waals surface area contributed by atoms with Gasteiger partial charge in [-0.3, -0.25) is 4.79 Å². The zero-order chi connectivity index (χ0) is 11.3. The van der Waals surface area contributed by atoms with Crippen LogP contribution in [0.5, 0.6) is 0 Å². The second-order valence-corrected chi connectivity index (χ2v) is 3.23. The summed E-state index contributed by atoms with van der Waals surface area (Å²) >= 11 is 0. The molecular weight excluding hydrogens is 197 g/mol. The fourth-order valence-corrected chi connectivity index (χ4v) is 1.24. The summed E-state index contributed by atoms with van der Waals surface area (Å²) < 4.78 is 18.0. The number of benzene rings is 1. The van der Waals surface area contributed by atoms with Crippen LogP contribution in [0.1, 0.15) is 16.8 Å². The Balaban J connectivity index is 2.72. The van der Waals surface area contributed by atoms with Crippen LogP contribution in [0.3, 0.4) is 0 Å². The lowest BCUT2D eigenvalue weighted by Gasteiger charge is -2.10. The van der Waals surface area contributed by atoms with Gasteiger partial charge in [0.2, 0.25) is 0 Å². The summed E-state index contributed by atoms with van der Waals surface area (Å²) in [7, 11) is 1.53. The molecular formula is C11H14FNO2. The second-order valence-electron chi connectivity index (χ2n) is 3.23. The summed E-state index contributed by atoms with van der Waals surface area (Å²) in [5.41, 5.74) is 5.65. The van der Waals surface area contributed by atoms with Crippen molar-refractivity contribution in [2.45, 2.75) is 12.5 Å². The van der Waals surface area contributed by atoms with Gasteiger partial charge in [0.1, 0.15) is 5.82 Å². The minimum Gasteiger partial charge on any atom is -0.385 e. The molecule has 0 aliphatic rings. The Labute approximate surface area is 88.0 Å². The summed E-state index contributed by atoms with van der Waals surface area (Å²) in [6.45, 7) is 0.390. The Morgan fingerprint density at radius 2 is 2.20 bits per heavy atom. The van der Waals surface area contributed by atoms with E-state index in [-0.39, 0.29) is 11.3 Å². The van der Waals surface area contributed by atoms with Crippen molar-refractivity contribution in [2.24, 2.45) is 5.73 Å². The molecule has 0 aromatic heterocycles. The standard InChI is InChI=1S/C11H14FNO2/c1-15-7-6-10(13)11(14)8-4-2-3-5-9(8)12/h2-5,10H,6-7,13H2,1H3. The molecule has 1 atom stereocenters. The van der Waals surface area contributed by atoms with Crippen LogP contribution >= 0.6 is 0 Å². The third kappa shape index (κ3) is 3.11. The van der Waals surface area contributed by atoms with E-state index in [9.17, 15) is 9.18 Å². The summed E-state index contributed by atoms with van der Waals surface area (Å²) in [5, 5.41) is 0. The quantitative estimate of drug-likeness (QED) is 0.748. The SMILES string of the molecule is COCCC(N)C(=O)c1ccccc1F. The third-order valence-corrected chi connectivity index (χ3v) is 2.11. The molecule has 2 N–H and O–H groups in total. The zero-order valence-corrected chi connectivity index (χ0v) is 8.57. The Bertz CT molecular complexity index is 341. The molecule has 0 saturated carbocycles. The average Bonchev–Trinajstić information content (AvgIpc) is 2.25. The molecule has 0 radical (unpaired) electrons. The van der Waals surface area contributed by atoms with E-state index in [1.165, 1.54) is 25.3 Å². The van der Waals surface area contributed by atoms with Gasteiger partial charge in [0.25, 0.3) is 0 Å². The van der Waals surface area contributed by atoms with Crippen LogP contribution in [-0.2, 0) is 4.74 Å². The summed E-state index contributed by atoms with van der Waals surface area (Å²) in [6, 6.07) is 5.12. The van der Waals surface area contributed by atoms with Crippen molar-refractivity contribution < 1.29 is 13.9 Å². The smallest absolute Gasteiger partial charge is 0.182 e. The lowest BCUT2D eigenvalue weighted by atomic mass is 10.0. The van der Waals surface area contributed by atoms with E-state index in [4.69, 9.17) is 10.5 Å². The number of nitrogens with two attached hydrogens (primary N) is 1. The van der Waals surface area contributed by atoms with Crippen molar-refractivity contribution in [2.75, 3.05) is 13.7 Å². The highest BCUT2D eigenvalue weighted by molar-refractivity contribution is 6.00. The van der Waals surface area contributed by atoms with Crippen LogP contribution in [-0.4, -0.2) is 25.5 Å². The monoisotopic (exact) mass is 211 g/mol. The van der Waals surface area contributed by atoms with E-state index in [1.54, 1.807) is 6.07 Å². The summed E-state index contributed by atoms with van der Waals surface area (Å²) in [5.74, 6) is -0.916. The minimum atomic E-state index is -0.707. The van der Waals surface area contributed by atoms with Gasteiger partial charge in [-0.05, 0) is 18.6 Å². The maximum atomic E-state index is 13.2. The average molecular weight is 211 g/mol. The molecule has 0 aliphatic carbocycles. The van der Waals surface area contributed by atoms with Crippen LogP contribution in [0.4, 0.5) is 4.39 Å². The normalized spacial score (nSPS) is 12.5. The fraction of sp³-hybridized carbons (Fsp3) is 0.364. The van der Waals surface area contributed by atoms with Crippen molar-refractivity contribution in [3.05, 3.63) is 35.6 Å². The van der Waals surface area contributed by atoms with Gasteiger partial charge in [0.15, 0.2) is 5.78 Å². The molecule has 1 aromatic rings. The predicted octanol–water partition coefficient (Wildman–Crippen LogP) is 1.37. The van der Waals surface area contributed by atoms with E-state index in [2.05, 4.69) is 0 Å². The van der Waals surface area contributed by atoms with E-state index in [1.807, 2.05) is 0 Å². The number of methoxy groups -OCH3 is 1. The molecule has 1 rings (SSSR count). The van der Waals surface area contributed by atoms with Gasteiger partial charge < -0.3 is 10.5 Å². The molecule has 0 amide bonds. The van der Waals surface area contributed by atoms with Gasteiger partial charge in [0.05, 0.1) is 11.6 Å². The maximum absolute atomic E-state index is 13.2. The first-order valence-corrected chi connectivity index (χ1v) is 4.70. The Kier molecular flexibility index (Phi) is 4.39. The molecule has 1 aromatic carbocycles. The molecule has 1 unspecified atom stereocenters. The fourth-order valence-electron chi connectivity index (χ4n) is 1.24. The van der Waals surface area contributed by atoms with Crippen LogP contribution in [0.25, 0.3) is 0 Å². The highest BCUT2D eigenvalue weighted by Crippen LogP contribution is 2.09. The first-order valence-electron chi connectivity index (χ1n) is 4.70. The van der Waals surface area contributed by atoms with Crippen molar-refractivity contribution in [1.29, 1.82) is 0 Å². The van der Waals surface area contributed by atoms with Gasteiger partial charge in [-0.1, -0.05) is 12.1 Å². The highest BCUT2D eigenvalue weighted by Gasteiger charge is 2.18. The molecule has 0 spiro atoms. The van der Waals surface area contributed by atoms with Crippen LogP contribution < -0.4 is 5.73 Å². The van der Waals surface area contributed by atoms with E-state index in [0.29, 0.717) is 13.0 Å². The van der Waals surface area contributed by atoms with Gasteiger partial charge in [-0.15, -0.1) is 0 Å². The lowest BCUT2D eigenvalue weighted by molar-refractivity contribution is 0.0931. The molecule has 15 heavy (non-hydrogen) atoms. The van der Waals surface area contributed by atoms with Crippen molar-refractivity contribution >= 4 is 5.78 Å². The number of hydrogen-bond acceptors (Lipinski definition) is 3. The van der Waals surface area contributed by atoms with Gasteiger partial charge in [-0.2, -0.15) is 0 Å². The Hall–Kier alpha value is -1.26. The largest absolute Gasteiger partial charge is 0.385 e. The van der Waals surface area contributed by atoms with Crippen molar-refractivity contribution in [3.63, 3.8) is 0 Å². The Morgan fingerprint density at radius 1 is 1.53 bits per heavy atom. The molecule has 0 aliphatic heterocycles. The number of hydrogen-bond donors (Lipinski definition) is 1. The number of ketones is 1. The summed E-state index contributed by atoms with van der Waals surface area (Å²) in [6.07, 6.45) is 0.393. The van der Waals surface area contributed by atoms with E-state index < -0.39 is 11.9 Å². The van der Waals surface area contributed by atoms with Crippen molar-refractivity contribution in [3.8, 4) is 0 Å². The molecule has 3 nitrogen and oxygen atoms in total. The summed E-state index contributed by atoms with van der Waals surface area (Å²) in [4.78, 5) is 11.7. The Morgan fingerprint density at radius 3 is 2.80 bits per heavy atom. The van der Waals surface area contributed by atoms with Crippen LogP contribution in [0, 0.1) is 5.82 Å². The molecule has 0 heterocycles. The number of halogens is 1. The van der Waals surface area contributed by atoms with Crippen LogP contribution in [0.2, 0.25) is 0 Å². The second kappa shape index (κ2) is 5.58. The molecule has 0 fully saturated rings. The zero-order valence-electron chi connectivity index (χ0n) is 8.57. The van der Waals surface area contributed by atoms with Gasteiger partial charge in [0, 0.05) is 13.7 Å². The third-order valence-electron chi connectivity index (χ3n) is 2.11. The van der Waals surface area contributed by atoms with Gasteiger partial charge >= 0.3 is 0 Å². The van der Waals surface area contributed by atoms with E-state index >= 15 is 0 Å². The number of carbonyl (C=O) groups excluding carboxylic acids is 1. The minimum absolute atomic E-state index is 0.0427. The van der Waals surface area contributed by atoms with Crippen LogP contribution in [0.15, 0.2) is 24.3 Å². The van der Waals surface area contributed by atoms with E-state index in [0.717, 1.165) is 0 Å². The first-order chi connectivity index (χ1) is 7.16. The lowest BCUT2D eigenvalue weighted by Crippen LogP contribution is -2.32. The molecule has 0 saturated heterocycles. The number of ether oxygens (including phenoxy) is 1. The maximum Gasteiger partial charge on any atom is 0.182 e. The highest BCUT2D eigenvalue weighted by atomic mass is 19.1.